The van der Waals surface area contributed by atoms with Gasteiger partial charge in [-0.3, -0.25) is 10.1 Å². The molecule has 5 rings (SSSR count). The van der Waals surface area contributed by atoms with Gasteiger partial charge >= 0.3 is 0 Å². The molecule has 9 heteroatoms. The van der Waals surface area contributed by atoms with E-state index < -0.39 is 6.17 Å². The van der Waals surface area contributed by atoms with Crippen LogP contribution in [0.3, 0.4) is 0 Å². The first-order valence-corrected chi connectivity index (χ1v) is 9.16. The number of H-pyrrole nitrogens is 2. The Morgan fingerprint density at radius 3 is 2.96 bits per heavy atom. The van der Waals surface area contributed by atoms with Crippen LogP contribution in [0.15, 0.2) is 36.7 Å². The van der Waals surface area contributed by atoms with Crippen LogP contribution >= 0.6 is 0 Å². The lowest BCUT2D eigenvalue weighted by atomic mass is 10.2. The number of hydrogen-bond donors (Lipinski definition) is 4. The van der Waals surface area contributed by atoms with E-state index in [-0.39, 0.29) is 5.92 Å². The van der Waals surface area contributed by atoms with Crippen molar-refractivity contribution in [1.29, 1.82) is 0 Å². The van der Waals surface area contributed by atoms with Crippen molar-refractivity contribution in [2.24, 2.45) is 0 Å². The van der Waals surface area contributed by atoms with E-state index in [2.05, 4.69) is 35.5 Å². The second kappa shape index (κ2) is 6.59. The Kier molecular flexibility index (Phi) is 3.92. The van der Waals surface area contributed by atoms with Crippen molar-refractivity contribution in [1.82, 2.24) is 30.1 Å². The van der Waals surface area contributed by atoms with Crippen molar-refractivity contribution < 1.29 is 4.39 Å². The number of fused-ring (bicyclic) bond motifs is 1. The quantitative estimate of drug-likeness (QED) is 0.409. The molecule has 8 nitrogen and oxygen atoms in total. The van der Waals surface area contributed by atoms with Gasteiger partial charge in [0, 0.05) is 42.7 Å². The Bertz CT molecular complexity index is 1130. The van der Waals surface area contributed by atoms with Gasteiger partial charge in [0.2, 0.25) is 5.95 Å². The number of pyridine rings is 1. The lowest BCUT2D eigenvalue weighted by molar-refractivity contribution is 0.466. The monoisotopic (exact) mass is 378 g/mol. The van der Waals surface area contributed by atoms with E-state index in [9.17, 15) is 4.39 Å². The maximum Gasteiger partial charge on any atom is 0.224 e. The molecule has 0 aliphatic heterocycles. The molecule has 1 fully saturated rings. The summed E-state index contributed by atoms with van der Waals surface area (Å²) < 4.78 is 13.2. The van der Waals surface area contributed by atoms with E-state index in [1.165, 1.54) is 0 Å². The third-order valence-corrected chi connectivity index (χ3v) is 4.93. The fourth-order valence-corrected chi connectivity index (χ4v) is 3.25. The molecule has 28 heavy (non-hydrogen) atoms. The van der Waals surface area contributed by atoms with Gasteiger partial charge in [-0.15, -0.1) is 0 Å². The highest BCUT2D eigenvalue weighted by molar-refractivity contribution is 5.74. The normalized spacial score (nSPS) is 18.5. The highest BCUT2D eigenvalue weighted by Gasteiger charge is 2.40. The fourth-order valence-electron chi connectivity index (χ4n) is 3.25. The van der Waals surface area contributed by atoms with Gasteiger partial charge in [-0.1, -0.05) is 0 Å². The molecule has 4 heterocycles. The molecule has 0 bridgehead atoms. The van der Waals surface area contributed by atoms with Crippen molar-refractivity contribution >= 4 is 22.8 Å². The predicted octanol–water partition coefficient (Wildman–Crippen LogP) is 2.81. The lowest BCUT2D eigenvalue weighted by Crippen LogP contribution is -2.10. The van der Waals surface area contributed by atoms with Crippen LogP contribution in [0.5, 0.6) is 0 Å². The van der Waals surface area contributed by atoms with Crippen molar-refractivity contribution in [2.45, 2.75) is 24.9 Å². The Labute approximate surface area is 159 Å². The molecule has 4 aromatic rings. The van der Waals surface area contributed by atoms with Crippen molar-refractivity contribution in [3.63, 3.8) is 0 Å². The number of nitrogen functional groups attached to an aromatic ring is 1. The van der Waals surface area contributed by atoms with Crippen LogP contribution in [0.4, 0.5) is 16.2 Å². The Hall–Kier alpha value is -3.49. The second-order valence-corrected chi connectivity index (χ2v) is 6.95. The van der Waals surface area contributed by atoms with E-state index in [0.29, 0.717) is 36.0 Å². The topological polar surface area (TPSA) is 121 Å². The molecule has 0 amide bonds. The van der Waals surface area contributed by atoms with Gasteiger partial charge in [0.1, 0.15) is 12.0 Å². The molecule has 1 saturated carbocycles. The van der Waals surface area contributed by atoms with Gasteiger partial charge in [0.25, 0.3) is 0 Å². The van der Waals surface area contributed by atoms with Crippen LogP contribution in [0.1, 0.15) is 23.7 Å². The number of aromatic amines is 2. The highest BCUT2D eigenvalue weighted by Crippen LogP contribution is 2.43. The van der Waals surface area contributed by atoms with Crippen LogP contribution in [0.2, 0.25) is 0 Å². The molecular weight excluding hydrogens is 359 g/mol. The van der Waals surface area contributed by atoms with Gasteiger partial charge in [-0.25, -0.2) is 9.37 Å². The van der Waals surface area contributed by atoms with Crippen LogP contribution in [-0.4, -0.2) is 42.8 Å². The number of aromatic nitrogens is 6. The van der Waals surface area contributed by atoms with Crippen LogP contribution in [0.25, 0.3) is 22.3 Å². The third-order valence-electron chi connectivity index (χ3n) is 4.93. The minimum absolute atomic E-state index is 0.0802. The first-order valence-electron chi connectivity index (χ1n) is 9.16. The summed E-state index contributed by atoms with van der Waals surface area (Å²) in [5.74, 6) is 0.698. The molecule has 0 radical (unpaired) electrons. The average molecular weight is 378 g/mol. The maximum atomic E-state index is 13.2. The minimum atomic E-state index is -0.777. The second-order valence-electron chi connectivity index (χ2n) is 6.95. The van der Waals surface area contributed by atoms with Crippen molar-refractivity contribution in [3.8, 4) is 11.3 Å². The smallest absolute Gasteiger partial charge is 0.224 e. The summed E-state index contributed by atoms with van der Waals surface area (Å²) >= 11 is 0. The number of nitrogens with one attached hydrogen (secondary N) is 3. The lowest BCUT2D eigenvalue weighted by Gasteiger charge is -2.07. The summed E-state index contributed by atoms with van der Waals surface area (Å²) in [7, 11) is 0. The number of nitrogens with two attached hydrogens (primary N) is 1. The summed E-state index contributed by atoms with van der Waals surface area (Å²) in [5.41, 5.74) is 11.1. The molecule has 4 aromatic heterocycles. The SMILES string of the molecule is Nc1nc(NCCc2ccc3[nH]ccc3n2)ncc1-c1cc([C@H]2C[C@H]2F)[nH]n1. The molecule has 0 saturated heterocycles. The van der Waals surface area contributed by atoms with E-state index in [1.807, 2.05) is 30.5 Å². The van der Waals surface area contributed by atoms with Crippen LogP contribution in [-0.2, 0) is 6.42 Å². The number of halogens is 1. The van der Waals surface area contributed by atoms with Gasteiger partial charge in [0.15, 0.2) is 0 Å². The number of hydrogen-bond acceptors (Lipinski definition) is 6. The fraction of sp³-hybridized carbons (Fsp3) is 0.263. The molecule has 1 aliphatic rings. The Balaban J connectivity index is 1.24. The first-order chi connectivity index (χ1) is 13.7. The predicted molar refractivity (Wildman–Crippen MR) is 105 cm³/mol. The number of anilines is 2. The summed E-state index contributed by atoms with van der Waals surface area (Å²) in [6, 6.07) is 7.78. The summed E-state index contributed by atoms with van der Waals surface area (Å²) in [5, 5.41) is 10.3. The average Bonchev–Trinajstić information content (AvgIpc) is 3.10. The molecule has 0 aromatic carbocycles. The van der Waals surface area contributed by atoms with Gasteiger partial charge in [-0.05, 0) is 30.7 Å². The molecule has 0 spiro atoms. The first kappa shape index (κ1) is 16.7. The summed E-state index contributed by atoms with van der Waals surface area (Å²) in [6.45, 7) is 0.633. The van der Waals surface area contributed by atoms with Crippen LogP contribution < -0.4 is 11.1 Å². The van der Waals surface area contributed by atoms with Crippen molar-refractivity contribution in [3.05, 3.63) is 48.0 Å². The summed E-state index contributed by atoms with van der Waals surface area (Å²) in [4.78, 5) is 16.3. The number of nitrogens with zero attached hydrogens (tertiary/aromatic N) is 4. The number of alkyl halides is 1. The zero-order chi connectivity index (χ0) is 19.1. The maximum absolute atomic E-state index is 13.2. The molecule has 142 valence electrons. The van der Waals surface area contributed by atoms with Gasteiger partial charge in [-0.2, -0.15) is 10.1 Å². The van der Waals surface area contributed by atoms with Gasteiger partial charge in [0.05, 0.1) is 22.3 Å². The zero-order valence-electron chi connectivity index (χ0n) is 15.0. The minimum Gasteiger partial charge on any atom is -0.383 e. The molecule has 5 N–H and O–H groups in total. The molecule has 1 aliphatic carbocycles. The molecule has 0 unspecified atom stereocenters. The van der Waals surface area contributed by atoms with E-state index in [4.69, 9.17) is 5.73 Å². The van der Waals surface area contributed by atoms with Crippen LogP contribution in [0, 0.1) is 0 Å². The number of rotatable bonds is 6. The zero-order valence-corrected chi connectivity index (χ0v) is 15.0. The van der Waals surface area contributed by atoms with Gasteiger partial charge < -0.3 is 16.0 Å². The third kappa shape index (κ3) is 3.15. The summed E-state index contributed by atoms with van der Waals surface area (Å²) in [6.07, 6.45) is 4.01. The Morgan fingerprint density at radius 1 is 1.25 bits per heavy atom. The molecular formula is C19H19FN8. The van der Waals surface area contributed by atoms with E-state index in [0.717, 1.165) is 28.8 Å². The highest BCUT2D eigenvalue weighted by atomic mass is 19.1. The largest absolute Gasteiger partial charge is 0.383 e. The molecule has 2 atom stereocenters. The van der Waals surface area contributed by atoms with E-state index >= 15 is 0 Å². The Morgan fingerprint density at radius 2 is 2.14 bits per heavy atom. The van der Waals surface area contributed by atoms with E-state index in [1.54, 1.807) is 6.20 Å². The van der Waals surface area contributed by atoms with Crippen molar-refractivity contribution in [2.75, 3.05) is 17.6 Å². The standard InChI is InChI=1S/C19H19FN8/c20-13-7-11(13)16-8-17(28-27-16)12-9-24-19(26-18(12)21)23-5-3-10-1-2-14-15(25-10)4-6-22-14/h1-2,4,6,8-9,11,13,22H,3,5,7H2,(H,27,28)(H3,21,23,24,26)/t11-,13+/m0/s1.